The number of likely N-dealkylation sites (tertiary alicyclic amines) is 1. The Morgan fingerprint density at radius 1 is 1.06 bits per heavy atom. The number of imidazole rings is 1. The predicted octanol–water partition coefficient (Wildman–Crippen LogP) is 2.01. The van der Waals surface area contributed by atoms with Gasteiger partial charge in [0.15, 0.2) is 0 Å². The minimum absolute atomic E-state index is 0.0319. The number of likely N-dealkylation sites (N-methyl/N-ethyl adjacent to an activating group) is 1. The summed E-state index contributed by atoms with van der Waals surface area (Å²) >= 11 is 0. The maximum absolute atomic E-state index is 12.7. The van der Waals surface area contributed by atoms with E-state index >= 15 is 0 Å². The fraction of sp³-hybridized carbons (Fsp3) is 0.440. The van der Waals surface area contributed by atoms with Crippen molar-refractivity contribution in [3.8, 4) is 0 Å². The number of aromatic nitrogens is 3. The summed E-state index contributed by atoms with van der Waals surface area (Å²) in [4.78, 5) is 36.1. The smallest absolute Gasteiger partial charge is 0.224 e. The van der Waals surface area contributed by atoms with Gasteiger partial charge in [0.25, 0.3) is 0 Å². The molecule has 4 rings (SSSR count). The van der Waals surface area contributed by atoms with E-state index in [9.17, 15) is 9.59 Å². The first kappa shape index (κ1) is 22.9. The highest BCUT2D eigenvalue weighted by atomic mass is 16.2. The fourth-order valence-corrected chi connectivity index (χ4v) is 4.46. The summed E-state index contributed by atoms with van der Waals surface area (Å²) in [7, 11) is 2.01. The molecule has 2 aromatic heterocycles. The molecule has 1 aromatic carbocycles. The molecule has 33 heavy (non-hydrogen) atoms. The van der Waals surface area contributed by atoms with E-state index < -0.39 is 0 Å². The number of hydrogen-bond donors (Lipinski definition) is 2. The Kier molecular flexibility index (Phi) is 7.67. The average Bonchev–Trinajstić information content (AvgIpc) is 3.14. The van der Waals surface area contributed by atoms with Crippen LogP contribution in [-0.2, 0) is 22.6 Å². The molecule has 174 valence electrons. The first-order valence-electron chi connectivity index (χ1n) is 11.6. The third-order valence-electron chi connectivity index (χ3n) is 6.18. The lowest BCUT2D eigenvalue weighted by Gasteiger charge is -2.22. The highest BCUT2D eigenvalue weighted by Crippen LogP contribution is 2.17. The minimum atomic E-state index is -0.0713. The number of aryl methyl sites for hydroxylation is 1. The number of carbonyl (C=O) groups is 2. The second-order valence-electron chi connectivity index (χ2n) is 8.80. The van der Waals surface area contributed by atoms with Crippen LogP contribution in [0.1, 0.15) is 25.0 Å². The van der Waals surface area contributed by atoms with Gasteiger partial charge in [-0.2, -0.15) is 0 Å². The van der Waals surface area contributed by atoms with Crippen LogP contribution in [-0.4, -0.2) is 64.0 Å². The van der Waals surface area contributed by atoms with Gasteiger partial charge in [0, 0.05) is 57.0 Å². The van der Waals surface area contributed by atoms with E-state index in [1.807, 2.05) is 54.1 Å². The molecule has 3 heterocycles. The second kappa shape index (κ2) is 11.0. The first-order valence-corrected chi connectivity index (χ1v) is 11.6. The Hall–Kier alpha value is -3.26. The number of hydrogen-bond acceptors (Lipinski definition) is 5. The van der Waals surface area contributed by atoms with Gasteiger partial charge in [0.1, 0.15) is 0 Å². The molecule has 1 fully saturated rings. The molecule has 0 saturated carbocycles. The predicted molar refractivity (Wildman–Crippen MR) is 127 cm³/mol. The van der Waals surface area contributed by atoms with Crippen LogP contribution in [0, 0.1) is 5.92 Å². The number of para-hydroxylation sites is 2. The largest absolute Gasteiger partial charge is 0.355 e. The van der Waals surface area contributed by atoms with Gasteiger partial charge >= 0.3 is 0 Å². The summed E-state index contributed by atoms with van der Waals surface area (Å²) < 4.78 is 2.01. The van der Waals surface area contributed by atoms with Crippen LogP contribution in [0.4, 0.5) is 0 Å². The molecule has 2 atom stereocenters. The quantitative estimate of drug-likeness (QED) is 0.550. The monoisotopic (exact) mass is 448 g/mol. The number of nitrogens with zero attached hydrogens (tertiary/aromatic N) is 4. The van der Waals surface area contributed by atoms with Crippen molar-refractivity contribution in [2.45, 2.75) is 38.3 Å². The van der Waals surface area contributed by atoms with Crippen LogP contribution < -0.4 is 10.6 Å². The number of benzene rings is 1. The SMILES string of the molecule is CN1C[C@@H](NC(=O)CCn2cnc3ccccc32)CC[C@@H](C(=O)NCCc2ccccn2)C1. The van der Waals surface area contributed by atoms with E-state index in [0.29, 0.717) is 26.1 Å². The number of fused-ring (bicyclic) bond motifs is 1. The van der Waals surface area contributed by atoms with Gasteiger partial charge in [-0.05, 0) is 44.2 Å². The summed E-state index contributed by atoms with van der Waals surface area (Å²) in [5, 5.41) is 6.22. The van der Waals surface area contributed by atoms with Crippen molar-refractivity contribution in [2.75, 3.05) is 26.7 Å². The van der Waals surface area contributed by atoms with E-state index in [1.165, 1.54) is 0 Å². The van der Waals surface area contributed by atoms with Gasteiger partial charge < -0.3 is 20.1 Å². The van der Waals surface area contributed by atoms with Crippen LogP contribution in [0.3, 0.4) is 0 Å². The van der Waals surface area contributed by atoms with E-state index in [4.69, 9.17) is 0 Å². The van der Waals surface area contributed by atoms with Crippen molar-refractivity contribution < 1.29 is 9.59 Å². The summed E-state index contributed by atoms with van der Waals surface area (Å²) in [6.07, 6.45) is 6.23. The van der Waals surface area contributed by atoms with E-state index in [2.05, 4.69) is 25.5 Å². The van der Waals surface area contributed by atoms with Gasteiger partial charge in [-0.15, -0.1) is 0 Å². The molecule has 0 unspecified atom stereocenters. The Morgan fingerprint density at radius 3 is 2.76 bits per heavy atom. The molecule has 0 bridgehead atoms. The van der Waals surface area contributed by atoms with Crippen molar-refractivity contribution in [2.24, 2.45) is 5.92 Å². The highest BCUT2D eigenvalue weighted by Gasteiger charge is 2.27. The van der Waals surface area contributed by atoms with Crippen LogP contribution in [0.25, 0.3) is 11.0 Å². The first-order chi connectivity index (χ1) is 16.1. The summed E-state index contributed by atoms with van der Waals surface area (Å²) in [6.45, 7) is 2.62. The lowest BCUT2D eigenvalue weighted by Crippen LogP contribution is -2.42. The Morgan fingerprint density at radius 2 is 1.91 bits per heavy atom. The molecule has 0 aliphatic carbocycles. The van der Waals surface area contributed by atoms with Crippen LogP contribution in [0.2, 0.25) is 0 Å². The van der Waals surface area contributed by atoms with Gasteiger partial charge in [-0.3, -0.25) is 14.6 Å². The Labute approximate surface area is 194 Å². The third-order valence-corrected chi connectivity index (χ3v) is 6.18. The minimum Gasteiger partial charge on any atom is -0.355 e. The molecule has 2 amide bonds. The van der Waals surface area contributed by atoms with Crippen LogP contribution in [0.5, 0.6) is 0 Å². The standard InChI is InChI=1S/C25H32N6O2/c1-30-16-19(25(33)27-14-11-20-6-4-5-13-26-20)9-10-21(17-30)29-24(32)12-15-31-18-28-22-7-2-3-8-23(22)31/h2-8,13,18-19,21H,9-12,14-17H2,1H3,(H,27,33)(H,29,32)/t19-,21+/m1/s1. The summed E-state index contributed by atoms with van der Waals surface area (Å²) in [6, 6.07) is 13.8. The maximum Gasteiger partial charge on any atom is 0.224 e. The molecule has 8 nitrogen and oxygen atoms in total. The van der Waals surface area contributed by atoms with Gasteiger partial charge in [0.2, 0.25) is 11.8 Å². The summed E-state index contributed by atoms with van der Waals surface area (Å²) in [5.41, 5.74) is 2.95. The number of nitrogens with one attached hydrogen (secondary N) is 2. The maximum atomic E-state index is 12.7. The lowest BCUT2D eigenvalue weighted by atomic mass is 10.0. The molecular weight excluding hydrogens is 416 g/mol. The molecule has 1 aliphatic rings. The molecule has 1 saturated heterocycles. The Bertz CT molecular complexity index is 1070. The summed E-state index contributed by atoms with van der Waals surface area (Å²) in [5.74, 6) is 0.0409. The van der Waals surface area contributed by atoms with Crippen molar-refractivity contribution in [3.05, 3.63) is 60.7 Å². The molecule has 8 heteroatoms. The number of rotatable bonds is 8. The van der Waals surface area contributed by atoms with E-state index in [1.54, 1.807) is 12.5 Å². The zero-order valence-electron chi connectivity index (χ0n) is 19.1. The van der Waals surface area contributed by atoms with E-state index in [0.717, 1.165) is 42.5 Å². The van der Waals surface area contributed by atoms with Crippen LogP contribution in [0.15, 0.2) is 55.0 Å². The topological polar surface area (TPSA) is 92.2 Å². The normalized spacial score (nSPS) is 19.2. The highest BCUT2D eigenvalue weighted by molar-refractivity contribution is 5.79. The molecule has 1 aliphatic heterocycles. The third kappa shape index (κ3) is 6.38. The van der Waals surface area contributed by atoms with E-state index in [-0.39, 0.29) is 23.8 Å². The van der Waals surface area contributed by atoms with Crippen molar-refractivity contribution in [1.82, 2.24) is 30.1 Å². The second-order valence-corrected chi connectivity index (χ2v) is 8.80. The fourth-order valence-electron chi connectivity index (χ4n) is 4.46. The zero-order valence-corrected chi connectivity index (χ0v) is 19.1. The molecule has 0 radical (unpaired) electrons. The number of amides is 2. The van der Waals surface area contributed by atoms with Crippen molar-refractivity contribution in [1.29, 1.82) is 0 Å². The molecule has 2 N–H and O–H groups in total. The van der Waals surface area contributed by atoms with Gasteiger partial charge in [0.05, 0.1) is 23.3 Å². The van der Waals surface area contributed by atoms with Gasteiger partial charge in [-0.1, -0.05) is 18.2 Å². The average molecular weight is 449 g/mol. The van der Waals surface area contributed by atoms with Crippen molar-refractivity contribution in [3.63, 3.8) is 0 Å². The molecule has 0 spiro atoms. The van der Waals surface area contributed by atoms with Gasteiger partial charge in [-0.25, -0.2) is 4.98 Å². The Balaban J connectivity index is 1.22. The zero-order chi connectivity index (χ0) is 23.0. The molecule has 3 aromatic rings. The lowest BCUT2D eigenvalue weighted by molar-refractivity contribution is -0.125. The number of pyridine rings is 1. The van der Waals surface area contributed by atoms with Crippen LogP contribution >= 0.6 is 0 Å². The van der Waals surface area contributed by atoms with Crippen molar-refractivity contribution >= 4 is 22.8 Å². The number of carbonyl (C=O) groups excluding carboxylic acids is 2. The molecular formula is C25H32N6O2.